The van der Waals surface area contributed by atoms with Crippen molar-refractivity contribution in [1.82, 2.24) is 9.97 Å². The first kappa shape index (κ1) is 14.8. The molecule has 2 aromatic rings. The van der Waals surface area contributed by atoms with Crippen molar-refractivity contribution < 1.29 is 8.42 Å². The maximum absolute atomic E-state index is 11.5. The molecule has 1 aromatic carbocycles. The largest absolute Gasteiger partial charge is 0.366 e. The number of hydrogen-bond acceptors (Lipinski definition) is 6. The van der Waals surface area contributed by atoms with Crippen LogP contribution in [0.25, 0.3) is 0 Å². The highest BCUT2D eigenvalue weighted by Gasteiger charge is 2.27. The summed E-state index contributed by atoms with van der Waals surface area (Å²) in [6.07, 6.45) is 2.08. The highest BCUT2D eigenvalue weighted by Crippen LogP contribution is 2.20. The second-order valence-electron chi connectivity index (χ2n) is 5.53. The molecule has 0 spiro atoms. The van der Waals surface area contributed by atoms with E-state index in [0.29, 0.717) is 18.1 Å². The van der Waals surface area contributed by atoms with Crippen molar-refractivity contribution >= 4 is 27.2 Å². The average Bonchev–Trinajstić information content (AvgIpc) is 2.78. The van der Waals surface area contributed by atoms with E-state index in [1.807, 2.05) is 31.2 Å². The van der Waals surface area contributed by atoms with Crippen LogP contribution in [0.15, 0.2) is 36.7 Å². The number of benzene rings is 1. The highest BCUT2D eigenvalue weighted by atomic mass is 32.2. The molecule has 0 saturated carbocycles. The van der Waals surface area contributed by atoms with Crippen LogP contribution in [-0.2, 0) is 9.84 Å². The van der Waals surface area contributed by atoms with Crippen LogP contribution in [0.1, 0.15) is 12.0 Å². The van der Waals surface area contributed by atoms with Crippen molar-refractivity contribution in [2.45, 2.75) is 19.4 Å². The SMILES string of the molecule is Cc1cccc(Nc2cc(NC3CCS(=O)(=O)C3)ncn2)c1. The summed E-state index contributed by atoms with van der Waals surface area (Å²) in [7, 11) is -2.90. The molecular weight excluding hydrogens is 300 g/mol. The molecule has 1 saturated heterocycles. The number of aromatic nitrogens is 2. The summed E-state index contributed by atoms with van der Waals surface area (Å²) in [5.74, 6) is 1.71. The lowest BCUT2D eigenvalue weighted by atomic mass is 10.2. The van der Waals surface area contributed by atoms with Crippen LogP contribution >= 0.6 is 0 Å². The maximum atomic E-state index is 11.5. The van der Waals surface area contributed by atoms with Crippen LogP contribution in [0.5, 0.6) is 0 Å². The van der Waals surface area contributed by atoms with Gasteiger partial charge in [-0.2, -0.15) is 0 Å². The fraction of sp³-hybridized carbons (Fsp3) is 0.333. The highest BCUT2D eigenvalue weighted by molar-refractivity contribution is 7.91. The Labute approximate surface area is 129 Å². The summed E-state index contributed by atoms with van der Waals surface area (Å²) in [5, 5.41) is 6.38. The molecule has 1 aromatic heterocycles. The first-order chi connectivity index (χ1) is 10.5. The van der Waals surface area contributed by atoms with Crippen LogP contribution in [-0.4, -0.2) is 35.9 Å². The zero-order valence-corrected chi connectivity index (χ0v) is 13.1. The summed E-state index contributed by atoms with van der Waals surface area (Å²) in [5.41, 5.74) is 2.11. The van der Waals surface area contributed by atoms with Gasteiger partial charge in [0.05, 0.1) is 11.5 Å². The van der Waals surface area contributed by atoms with Gasteiger partial charge in [0.2, 0.25) is 0 Å². The second-order valence-corrected chi connectivity index (χ2v) is 7.76. The van der Waals surface area contributed by atoms with Crippen LogP contribution < -0.4 is 10.6 Å². The Morgan fingerprint density at radius 2 is 2.00 bits per heavy atom. The molecule has 7 heteroatoms. The standard InChI is InChI=1S/C15H18N4O2S/c1-11-3-2-4-12(7-11)18-14-8-15(17-10-16-14)19-13-5-6-22(20,21)9-13/h2-4,7-8,10,13H,5-6,9H2,1H3,(H2,16,17,18,19). The van der Waals surface area contributed by atoms with Gasteiger partial charge in [0, 0.05) is 17.8 Å². The van der Waals surface area contributed by atoms with E-state index in [4.69, 9.17) is 0 Å². The van der Waals surface area contributed by atoms with E-state index in [1.54, 1.807) is 6.07 Å². The lowest BCUT2D eigenvalue weighted by Crippen LogP contribution is -2.21. The van der Waals surface area contributed by atoms with Crippen molar-refractivity contribution in [3.8, 4) is 0 Å². The Balaban J connectivity index is 1.70. The first-order valence-electron chi connectivity index (χ1n) is 7.13. The number of anilines is 3. The molecule has 0 amide bonds. The molecular formula is C15H18N4O2S. The third-order valence-corrected chi connectivity index (χ3v) is 5.31. The van der Waals surface area contributed by atoms with E-state index in [1.165, 1.54) is 6.33 Å². The second kappa shape index (κ2) is 5.92. The fourth-order valence-corrected chi connectivity index (χ4v) is 4.17. The predicted molar refractivity (Wildman–Crippen MR) is 87.2 cm³/mol. The van der Waals surface area contributed by atoms with Crippen molar-refractivity contribution in [3.63, 3.8) is 0 Å². The van der Waals surface area contributed by atoms with Gasteiger partial charge in [-0.1, -0.05) is 12.1 Å². The van der Waals surface area contributed by atoms with E-state index in [-0.39, 0.29) is 17.5 Å². The average molecular weight is 318 g/mol. The number of sulfone groups is 1. The van der Waals surface area contributed by atoms with E-state index in [2.05, 4.69) is 20.6 Å². The summed E-state index contributed by atoms with van der Waals surface area (Å²) in [6.45, 7) is 2.03. The van der Waals surface area contributed by atoms with E-state index in [0.717, 1.165) is 11.3 Å². The molecule has 6 nitrogen and oxygen atoms in total. The van der Waals surface area contributed by atoms with E-state index in [9.17, 15) is 8.42 Å². The normalized spacial score (nSPS) is 19.8. The lowest BCUT2D eigenvalue weighted by Gasteiger charge is -2.12. The predicted octanol–water partition coefficient (Wildman–Crippen LogP) is 2.13. The van der Waals surface area contributed by atoms with Gasteiger partial charge in [0.15, 0.2) is 9.84 Å². The van der Waals surface area contributed by atoms with Gasteiger partial charge in [-0.05, 0) is 31.0 Å². The minimum Gasteiger partial charge on any atom is -0.366 e. The van der Waals surface area contributed by atoms with Crippen LogP contribution in [0.2, 0.25) is 0 Å². The molecule has 1 atom stereocenters. The Morgan fingerprint density at radius 3 is 2.73 bits per heavy atom. The fourth-order valence-electron chi connectivity index (χ4n) is 2.49. The van der Waals surface area contributed by atoms with Crippen molar-refractivity contribution in [2.75, 3.05) is 22.1 Å². The molecule has 1 unspecified atom stereocenters. The van der Waals surface area contributed by atoms with Gasteiger partial charge in [0.25, 0.3) is 0 Å². The number of rotatable bonds is 4. The lowest BCUT2D eigenvalue weighted by molar-refractivity contribution is 0.602. The van der Waals surface area contributed by atoms with E-state index >= 15 is 0 Å². The summed E-state index contributed by atoms with van der Waals surface area (Å²) in [4.78, 5) is 8.34. The molecule has 0 bridgehead atoms. The number of nitrogens with one attached hydrogen (secondary N) is 2. The maximum Gasteiger partial charge on any atom is 0.152 e. The minimum atomic E-state index is -2.90. The molecule has 22 heavy (non-hydrogen) atoms. The summed E-state index contributed by atoms with van der Waals surface area (Å²) < 4.78 is 23.0. The molecule has 1 aliphatic heterocycles. The first-order valence-corrected chi connectivity index (χ1v) is 8.95. The third kappa shape index (κ3) is 3.73. The molecule has 0 radical (unpaired) electrons. The summed E-state index contributed by atoms with van der Waals surface area (Å²) >= 11 is 0. The van der Waals surface area contributed by atoms with Gasteiger partial charge in [-0.25, -0.2) is 18.4 Å². The molecule has 0 aliphatic carbocycles. The Bertz CT molecular complexity index is 777. The van der Waals surface area contributed by atoms with Crippen molar-refractivity contribution in [1.29, 1.82) is 0 Å². The smallest absolute Gasteiger partial charge is 0.152 e. The molecule has 2 heterocycles. The van der Waals surface area contributed by atoms with Crippen LogP contribution in [0, 0.1) is 6.92 Å². The van der Waals surface area contributed by atoms with E-state index < -0.39 is 9.84 Å². The van der Waals surface area contributed by atoms with Crippen molar-refractivity contribution in [2.24, 2.45) is 0 Å². The number of nitrogens with zero attached hydrogens (tertiary/aromatic N) is 2. The zero-order chi connectivity index (χ0) is 15.6. The Morgan fingerprint density at radius 1 is 1.18 bits per heavy atom. The molecule has 2 N–H and O–H groups in total. The summed E-state index contributed by atoms with van der Waals surface area (Å²) in [6, 6.07) is 9.70. The van der Waals surface area contributed by atoms with Crippen molar-refractivity contribution in [3.05, 3.63) is 42.2 Å². The molecule has 3 rings (SSSR count). The number of aryl methyl sites for hydroxylation is 1. The van der Waals surface area contributed by atoms with Crippen LogP contribution in [0.3, 0.4) is 0 Å². The topological polar surface area (TPSA) is 84.0 Å². The quantitative estimate of drug-likeness (QED) is 0.898. The van der Waals surface area contributed by atoms with Crippen LogP contribution in [0.4, 0.5) is 17.3 Å². The zero-order valence-electron chi connectivity index (χ0n) is 12.3. The van der Waals surface area contributed by atoms with Gasteiger partial charge in [-0.15, -0.1) is 0 Å². The number of hydrogen-bond donors (Lipinski definition) is 2. The molecule has 116 valence electrons. The Hall–Kier alpha value is -2.15. The van der Waals surface area contributed by atoms with Gasteiger partial charge < -0.3 is 10.6 Å². The monoisotopic (exact) mass is 318 g/mol. The molecule has 1 fully saturated rings. The Kier molecular flexibility index (Phi) is 3.98. The molecule has 1 aliphatic rings. The van der Waals surface area contributed by atoms with Gasteiger partial charge >= 0.3 is 0 Å². The van der Waals surface area contributed by atoms with Gasteiger partial charge in [0.1, 0.15) is 18.0 Å². The van der Waals surface area contributed by atoms with Gasteiger partial charge in [-0.3, -0.25) is 0 Å². The minimum absolute atomic E-state index is 0.0771. The third-order valence-electron chi connectivity index (χ3n) is 3.54.